The first-order chi connectivity index (χ1) is 8.66. The number of anilines is 1. The van der Waals surface area contributed by atoms with Crippen LogP contribution >= 0.6 is 0 Å². The first-order valence-electron chi connectivity index (χ1n) is 5.26. The lowest BCUT2D eigenvalue weighted by Gasteiger charge is -2.06. The maximum atomic E-state index is 13.0. The van der Waals surface area contributed by atoms with E-state index in [0.717, 1.165) is 12.3 Å². The van der Waals surface area contributed by atoms with E-state index in [1.165, 1.54) is 0 Å². The Kier molecular flexibility index (Phi) is 3.47. The van der Waals surface area contributed by atoms with Crippen LogP contribution in [-0.4, -0.2) is 15.9 Å². The summed E-state index contributed by atoms with van der Waals surface area (Å²) in [5.74, 6) is -1.09. The van der Waals surface area contributed by atoms with Crippen LogP contribution in [0.15, 0.2) is 36.7 Å². The van der Waals surface area contributed by atoms with Crippen molar-refractivity contribution in [2.75, 3.05) is 5.73 Å². The molecule has 18 heavy (non-hydrogen) atoms. The van der Waals surface area contributed by atoms with Gasteiger partial charge in [-0.05, 0) is 18.2 Å². The summed E-state index contributed by atoms with van der Waals surface area (Å²) in [5, 5.41) is 2.60. The Bertz CT molecular complexity index is 559. The number of nitrogen functional groups attached to an aromatic ring is 1. The fourth-order valence-corrected chi connectivity index (χ4v) is 1.40. The summed E-state index contributed by atoms with van der Waals surface area (Å²) in [7, 11) is 0. The molecular formula is C12H11FN4O. The predicted molar refractivity (Wildman–Crippen MR) is 64.0 cm³/mol. The quantitative estimate of drug-likeness (QED) is 0.850. The highest BCUT2D eigenvalue weighted by Gasteiger charge is 2.11. The molecule has 0 aliphatic rings. The Morgan fingerprint density at radius 1 is 1.39 bits per heavy atom. The highest BCUT2D eigenvalue weighted by molar-refractivity contribution is 5.98. The number of nitrogens with zero attached hydrogens (tertiary/aromatic N) is 2. The van der Waals surface area contributed by atoms with Crippen molar-refractivity contribution in [1.82, 2.24) is 15.3 Å². The van der Waals surface area contributed by atoms with Crippen LogP contribution in [-0.2, 0) is 6.54 Å². The minimum absolute atomic E-state index is 0.00470. The number of nitrogens with two attached hydrogens (primary N) is 1. The Morgan fingerprint density at radius 2 is 2.22 bits per heavy atom. The number of carbonyl (C=O) groups is 1. The summed E-state index contributed by atoms with van der Waals surface area (Å²) < 4.78 is 13.0. The Labute approximate surface area is 103 Å². The maximum Gasteiger partial charge on any atom is 0.255 e. The first-order valence-corrected chi connectivity index (χ1v) is 5.26. The van der Waals surface area contributed by atoms with Gasteiger partial charge in [0.2, 0.25) is 0 Å². The second-order valence-corrected chi connectivity index (χ2v) is 3.59. The molecule has 0 spiro atoms. The molecule has 0 saturated carbocycles. The Hall–Kier alpha value is -2.50. The molecule has 2 heterocycles. The lowest BCUT2D eigenvalue weighted by atomic mass is 10.2. The number of rotatable bonds is 3. The third kappa shape index (κ3) is 2.79. The highest BCUT2D eigenvalue weighted by atomic mass is 19.1. The number of carbonyl (C=O) groups excluding carboxylic acids is 1. The molecule has 0 saturated heterocycles. The van der Waals surface area contributed by atoms with Gasteiger partial charge in [-0.15, -0.1) is 0 Å². The smallest absolute Gasteiger partial charge is 0.255 e. The van der Waals surface area contributed by atoms with Crippen molar-refractivity contribution in [3.8, 4) is 0 Å². The Morgan fingerprint density at radius 3 is 2.94 bits per heavy atom. The predicted octanol–water partition coefficient (Wildman–Crippen LogP) is 1.13. The van der Waals surface area contributed by atoms with Gasteiger partial charge in [0.15, 0.2) is 0 Å². The van der Waals surface area contributed by atoms with Crippen LogP contribution in [0, 0.1) is 5.82 Å². The third-order valence-corrected chi connectivity index (χ3v) is 2.29. The van der Waals surface area contributed by atoms with Gasteiger partial charge in [0, 0.05) is 6.20 Å². The minimum atomic E-state index is -0.604. The summed E-state index contributed by atoms with van der Waals surface area (Å²) in [4.78, 5) is 19.4. The van der Waals surface area contributed by atoms with Crippen molar-refractivity contribution in [2.45, 2.75) is 6.54 Å². The highest BCUT2D eigenvalue weighted by Crippen LogP contribution is 2.09. The molecule has 3 N–H and O–H groups in total. The number of aromatic nitrogens is 2. The third-order valence-electron chi connectivity index (χ3n) is 2.29. The fourth-order valence-electron chi connectivity index (χ4n) is 1.40. The first kappa shape index (κ1) is 12.0. The number of halogens is 1. The molecule has 92 valence electrons. The number of nitrogens with one attached hydrogen (secondary N) is 1. The van der Waals surface area contributed by atoms with Crippen LogP contribution < -0.4 is 11.1 Å². The molecule has 0 radical (unpaired) electrons. The van der Waals surface area contributed by atoms with Crippen molar-refractivity contribution in [1.29, 1.82) is 0 Å². The molecule has 0 atom stereocenters. The maximum absolute atomic E-state index is 13.0. The summed E-state index contributed by atoms with van der Waals surface area (Å²) in [6.45, 7) is 0.246. The van der Waals surface area contributed by atoms with Gasteiger partial charge >= 0.3 is 0 Å². The van der Waals surface area contributed by atoms with Gasteiger partial charge in [-0.3, -0.25) is 9.78 Å². The molecule has 0 aliphatic heterocycles. The molecule has 2 aromatic heterocycles. The monoisotopic (exact) mass is 246 g/mol. The lowest BCUT2D eigenvalue weighted by molar-refractivity contribution is 0.0950. The number of amides is 1. The van der Waals surface area contributed by atoms with Crippen LogP contribution in [0.25, 0.3) is 0 Å². The average Bonchev–Trinajstić information content (AvgIpc) is 2.40. The van der Waals surface area contributed by atoms with E-state index in [-0.39, 0.29) is 17.9 Å². The van der Waals surface area contributed by atoms with E-state index in [9.17, 15) is 9.18 Å². The van der Waals surface area contributed by atoms with Crippen LogP contribution in [0.2, 0.25) is 0 Å². The molecule has 0 aromatic carbocycles. The Balaban J connectivity index is 2.06. The normalized spacial score (nSPS) is 10.1. The molecular weight excluding hydrogens is 235 g/mol. The van der Waals surface area contributed by atoms with E-state index in [1.807, 2.05) is 6.07 Å². The molecule has 0 aliphatic carbocycles. The topological polar surface area (TPSA) is 80.9 Å². The van der Waals surface area contributed by atoms with Crippen molar-refractivity contribution in [2.24, 2.45) is 0 Å². The molecule has 6 heteroatoms. The van der Waals surface area contributed by atoms with E-state index in [4.69, 9.17) is 5.73 Å². The standard InChI is InChI=1S/C12H11FN4O/c13-8-5-10(11(14)16-6-8)12(18)17-7-9-3-1-2-4-15-9/h1-6H,7H2,(H2,14,16)(H,17,18). The zero-order chi connectivity index (χ0) is 13.0. The van der Waals surface area contributed by atoms with E-state index in [2.05, 4.69) is 15.3 Å². The molecule has 2 rings (SSSR count). The van der Waals surface area contributed by atoms with Gasteiger partial charge in [0.25, 0.3) is 5.91 Å². The van der Waals surface area contributed by atoms with Crippen LogP contribution in [0.4, 0.5) is 10.2 Å². The van der Waals surface area contributed by atoms with Gasteiger partial charge in [-0.2, -0.15) is 0 Å². The second kappa shape index (κ2) is 5.22. The number of hydrogen-bond acceptors (Lipinski definition) is 4. The zero-order valence-electron chi connectivity index (χ0n) is 9.43. The van der Waals surface area contributed by atoms with Gasteiger partial charge in [0.05, 0.1) is 24.0 Å². The summed E-state index contributed by atoms with van der Waals surface area (Å²) >= 11 is 0. The van der Waals surface area contributed by atoms with E-state index >= 15 is 0 Å². The zero-order valence-corrected chi connectivity index (χ0v) is 9.43. The largest absolute Gasteiger partial charge is 0.383 e. The van der Waals surface area contributed by atoms with Crippen LogP contribution in [0.1, 0.15) is 16.1 Å². The van der Waals surface area contributed by atoms with E-state index in [1.54, 1.807) is 18.3 Å². The molecule has 1 amide bonds. The average molecular weight is 246 g/mol. The minimum Gasteiger partial charge on any atom is -0.383 e. The number of pyridine rings is 2. The van der Waals surface area contributed by atoms with Crippen molar-refractivity contribution in [3.05, 3.63) is 53.7 Å². The molecule has 0 bridgehead atoms. The van der Waals surface area contributed by atoms with Gasteiger partial charge in [-0.1, -0.05) is 6.07 Å². The van der Waals surface area contributed by atoms with E-state index in [0.29, 0.717) is 5.69 Å². The van der Waals surface area contributed by atoms with Gasteiger partial charge in [-0.25, -0.2) is 9.37 Å². The molecule has 5 nitrogen and oxygen atoms in total. The summed E-state index contributed by atoms with van der Waals surface area (Å²) in [6, 6.07) is 6.41. The SMILES string of the molecule is Nc1ncc(F)cc1C(=O)NCc1ccccn1. The number of hydrogen-bond donors (Lipinski definition) is 2. The van der Waals surface area contributed by atoms with Crippen LogP contribution in [0.3, 0.4) is 0 Å². The molecule has 2 aromatic rings. The van der Waals surface area contributed by atoms with Crippen molar-refractivity contribution in [3.63, 3.8) is 0 Å². The van der Waals surface area contributed by atoms with Crippen molar-refractivity contribution >= 4 is 11.7 Å². The summed E-state index contributed by atoms with van der Waals surface area (Å²) in [5.41, 5.74) is 6.23. The van der Waals surface area contributed by atoms with Crippen molar-refractivity contribution < 1.29 is 9.18 Å². The van der Waals surface area contributed by atoms with Gasteiger partial charge in [0.1, 0.15) is 11.6 Å². The lowest BCUT2D eigenvalue weighted by Crippen LogP contribution is -2.24. The van der Waals surface area contributed by atoms with E-state index < -0.39 is 11.7 Å². The fraction of sp³-hybridized carbons (Fsp3) is 0.0833. The summed E-state index contributed by atoms with van der Waals surface area (Å²) in [6.07, 6.45) is 2.59. The second-order valence-electron chi connectivity index (χ2n) is 3.59. The van der Waals surface area contributed by atoms with Crippen LogP contribution in [0.5, 0.6) is 0 Å². The molecule has 0 unspecified atom stereocenters. The van der Waals surface area contributed by atoms with Gasteiger partial charge < -0.3 is 11.1 Å². The molecule has 0 fully saturated rings.